The van der Waals surface area contributed by atoms with Gasteiger partial charge in [-0.25, -0.2) is 9.37 Å². The second kappa shape index (κ2) is 3.05. The van der Waals surface area contributed by atoms with Gasteiger partial charge in [0.2, 0.25) is 0 Å². The molecule has 0 spiro atoms. The average molecular weight is 196 g/mol. The van der Waals surface area contributed by atoms with Gasteiger partial charge in [0.15, 0.2) is 0 Å². The molecule has 1 aromatic carbocycles. The molecule has 0 aliphatic carbocycles. The van der Waals surface area contributed by atoms with Crippen LogP contribution in [0.4, 0.5) is 4.39 Å². The number of benzene rings is 1. The van der Waals surface area contributed by atoms with Crippen molar-refractivity contribution < 1.29 is 4.39 Å². The van der Waals surface area contributed by atoms with E-state index in [1.165, 1.54) is 17.4 Å². The number of nitrogens with two attached hydrogens (primary N) is 1. The second-order valence-electron chi connectivity index (χ2n) is 2.93. The molecule has 68 valence electrons. The van der Waals surface area contributed by atoms with Crippen LogP contribution in [0.1, 0.15) is 18.0 Å². The Kier molecular flexibility index (Phi) is 2.01. The molecule has 1 heterocycles. The Morgan fingerprint density at radius 3 is 2.92 bits per heavy atom. The highest BCUT2D eigenvalue weighted by Gasteiger charge is 2.09. The first-order valence-corrected chi connectivity index (χ1v) is 4.80. The van der Waals surface area contributed by atoms with Crippen LogP contribution < -0.4 is 5.73 Å². The SMILES string of the molecule is C[C@@H](N)c1nc2c(F)cccc2s1. The Balaban J connectivity index is 2.68. The van der Waals surface area contributed by atoms with Gasteiger partial charge in [-0.3, -0.25) is 0 Å². The quantitative estimate of drug-likeness (QED) is 0.760. The minimum absolute atomic E-state index is 0.128. The van der Waals surface area contributed by atoms with Crippen LogP contribution in [-0.4, -0.2) is 4.98 Å². The fourth-order valence-electron chi connectivity index (χ4n) is 1.13. The third kappa shape index (κ3) is 1.43. The highest BCUT2D eigenvalue weighted by molar-refractivity contribution is 7.18. The van der Waals surface area contributed by atoms with Crippen molar-refractivity contribution in [1.82, 2.24) is 4.98 Å². The molecule has 0 aliphatic rings. The van der Waals surface area contributed by atoms with E-state index in [1.807, 2.05) is 13.0 Å². The lowest BCUT2D eigenvalue weighted by Crippen LogP contribution is -2.03. The van der Waals surface area contributed by atoms with E-state index < -0.39 is 0 Å². The van der Waals surface area contributed by atoms with Crippen LogP contribution in [0.2, 0.25) is 0 Å². The maximum absolute atomic E-state index is 13.2. The van der Waals surface area contributed by atoms with Gasteiger partial charge in [0, 0.05) is 0 Å². The summed E-state index contributed by atoms with van der Waals surface area (Å²) in [5.74, 6) is -0.277. The van der Waals surface area contributed by atoms with Crippen molar-refractivity contribution in [2.75, 3.05) is 0 Å². The van der Waals surface area contributed by atoms with Gasteiger partial charge in [-0.05, 0) is 19.1 Å². The maximum Gasteiger partial charge on any atom is 0.150 e. The van der Waals surface area contributed by atoms with Crippen LogP contribution in [0.25, 0.3) is 10.2 Å². The summed E-state index contributed by atoms with van der Waals surface area (Å²) in [4.78, 5) is 4.13. The molecule has 0 saturated carbocycles. The average Bonchev–Trinajstić information content (AvgIpc) is 2.49. The molecule has 1 atom stereocenters. The monoisotopic (exact) mass is 196 g/mol. The van der Waals surface area contributed by atoms with Crippen LogP contribution in [0.3, 0.4) is 0 Å². The number of hydrogen-bond donors (Lipinski definition) is 1. The number of thiazole rings is 1. The summed E-state index contributed by atoms with van der Waals surface area (Å²) in [6.45, 7) is 1.84. The second-order valence-corrected chi connectivity index (χ2v) is 3.99. The minimum atomic E-state index is -0.277. The molecule has 0 unspecified atom stereocenters. The van der Waals surface area contributed by atoms with E-state index in [0.29, 0.717) is 5.52 Å². The number of hydrogen-bond acceptors (Lipinski definition) is 3. The van der Waals surface area contributed by atoms with Crippen LogP contribution in [-0.2, 0) is 0 Å². The Morgan fingerprint density at radius 1 is 1.54 bits per heavy atom. The molecule has 0 bridgehead atoms. The van der Waals surface area contributed by atoms with Crippen molar-refractivity contribution in [2.45, 2.75) is 13.0 Å². The Bertz CT molecular complexity index is 436. The molecule has 2 nitrogen and oxygen atoms in total. The van der Waals surface area contributed by atoms with E-state index in [0.717, 1.165) is 9.71 Å². The van der Waals surface area contributed by atoms with Gasteiger partial charge in [-0.15, -0.1) is 11.3 Å². The first-order chi connectivity index (χ1) is 6.18. The summed E-state index contributed by atoms with van der Waals surface area (Å²) >= 11 is 1.44. The lowest BCUT2D eigenvalue weighted by molar-refractivity contribution is 0.636. The van der Waals surface area contributed by atoms with Crippen LogP contribution in [0.5, 0.6) is 0 Å². The molecular weight excluding hydrogens is 187 g/mol. The molecule has 4 heteroatoms. The van der Waals surface area contributed by atoms with Crippen molar-refractivity contribution in [3.8, 4) is 0 Å². The fourth-order valence-corrected chi connectivity index (χ4v) is 2.06. The summed E-state index contributed by atoms with van der Waals surface area (Å²) in [6.07, 6.45) is 0. The molecule has 2 aromatic rings. The van der Waals surface area contributed by atoms with Crippen LogP contribution >= 0.6 is 11.3 Å². The van der Waals surface area contributed by atoms with Crippen molar-refractivity contribution in [3.63, 3.8) is 0 Å². The zero-order valence-corrected chi connectivity index (χ0v) is 7.94. The topological polar surface area (TPSA) is 38.9 Å². The van der Waals surface area contributed by atoms with Crippen LogP contribution in [0, 0.1) is 5.82 Å². The predicted octanol–water partition coefficient (Wildman–Crippen LogP) is 2.46. The molecule has 0 fully saturated rings. The highest BCUT2D eigenvalue weighted by Crippen LogP contribution is 2.26. The van der Waals surface area contributed by atoms with Crippen molar-refractivity contribution in [1.29, 1.82) is 0 Å². The van der Waals surface area contributed by atoms with Gasteiger partial charge in [0.1, 0.15) is 16.3 Å². The molecule has 0 amide bonds. The predicted molar refractivity (Wildman–Crippen MR) is 52.2 cm³/mol. The molecule has 0 radical (unpaired) electrons. The third-order valence-electron chi connectivity index (χ3n) is 1.78. The van der Waals surface area contributed by atoms with Crippen molar-refractivity contribution in [2.24, 2.45) is 5.73 Å². The normalized spacial score (nSPS) is 13.5. The number of rotatable bonds is 1. The zero-order chi connectivity index (χ0) is 9.42. The molecule has 0 saturated heterocycles. The summed E-state index contributed by atoms with van der Waals surface area (Å²) in [5, 5.41) is 0.778. The largest absolute Gasteiger partial charge is 0.322 e. The number of aromatic nitrogens is 1. The van der Waals surface area contributed by atoms with Gasteiger partial charge in [0.05, 0.1) is 10.7 Å². The smallest absolute Gasteiger partial charge is 0.150 e. The summed E-state index contributed by atoms with van der Waals surface area (Å²) in [7, 11) is 0. The van der Waals surface area contributed by atoms with E-state index in [4.69, 9.17) is 5.73 Å². The molecular formula is C9H9FN2S. The van der Waals surface area contributed by atoms with E-state index in [1.54, 1.807) is 6.07 Å². The third-order valence-corrected chi connectivity index (χ3v) is 3.00. The first-order valence-electron chi connectivity index (χ1n) is 3.99. The van der Waals surface area contributed by atoms with Crippen molar-refractivity contribution >= 4 is 21.6 Å². The fraction of sp³-hybridized carbons (Fsp3) is 0.222. The van der Waals surface area contributed by atoms with E-state index in [9.17, 15) is 4.39 Å². The van der Waals surface area contributed by atoms with Gasteiger partial charge >= 0.3 is 0 Å². The molecule has 13 heavy (non-hydrogen) atoms. The van der Waals surface area contributed by atoms with Gasteiger partial charge in [-0.2, -0.15) is 0 Å². The van der Waals surface area contributed by atoms with Crippen molar-refractivity contribution in [3.05, 3.63) is 29.0 Å². The van der Waals surface area contributed by atoms with Gasteiger partial charge < -0.3 is 5.73 Å². The van der Waals surface area contributed by atoms with E-state index in [-0.39, 0.29) is 11.9 Å². The summed E-state index contributed by atoms with van der Waals surface area (Å²) in [6, 6.07) is 4.81. The van der Waals surface area contributed by atoms with E-state index >= 15 is 0 Å². The molecule has 1 aromatic heterocycles. The van der Waals surface area contributed by atoms with Gasteiger partial charge in [0.25, 0.3) is 0 Å². The number of fused-ring (bicyclic) bond motifs is 1. The van der Waals surface area contributed by atoms with E-state index in [2.05, 4.69) is 4.98 Å². The molecule has 0 aliphatic heterocycles. The standard InChI is InChI=1S/C9H9FN2S/c1-5(11)9-12-8-6(10)3-2-4-7(8)13-9/h2-5H,11H2,1H3/t5-/m1/s1. The molecule has 2 N–H and O–H groups in total. The number of halogens is 1. The zero-order valence-electron chi connectivity index (χ0n) is 7.12. The maximum atomic E-state index is 13.2. The minimum Gasteiger partial charge on any atom is -0.322 e. The Hall–Kier alpha value is -1.000. The van der Waals surface area contributed by atoms with Crippen LogP contribution in [0.15, 0.2) is 18.2 Å². The lowest BCUT2D eigenvalue weighted by Gasteiger charge is -1.95. The summed E-state index contributed by atoms with van der Waals surface area (Å²) in [5.41, 5.74) is 6.08. The van der Waals surface area contributed by atoms with Gasteiger partial charge in [-0.1, -0.05) is 6.07 Å². The Morgan fingerprint density at radius 2 is 2.31 bits per heavy atom. The highest BCUT2D eigenvalue weighted by atomic mass is 32.1. The number of nitrogens with zero attached hydrogens (tertiary/aromatic N) is 1. The lowest BCUT2D eigenvalue weighted by atomic mass is 10.3. The Labute approximate surface area is 79.2 Å². The first kappa shape index (κ1) is 8.59. The summed E-state index contributed by atoms with van der Waals surface area (Å²) < 4.78 is 14.0. The molecule has 2 rings (SSSR count). The number of para-hydroxylation sites is 1.